The van der Waals surface area contributed by atoms with E-state index in [1.165, 1.54) is 12.1 Å². The zero-order chi connectivity index (χ0) is 19.4. The normalized spacial score (nSPS) is 16.1. The fraction of sp³-hybridized carbons (Fsp3) is 0.450. The second-order valence-electron chi connectivity index (χ2n) is 6.97. The number of aryl methyl sites for hydroxylation is 2. The van der Waals surface area contributed by atoms with Crippen molar-refractivity contribution in [1.82, 2.24) is 15.1 Å². The third-order valence-electron chi connectivity index (χ3n) is 4.90. The SMILES string of the molecule is Cc1nn(C)c(C)c1CCC(=O)NC[C@@H]1CC(Cc2ccc(F)cc2)=NO1. The summed E-state index contributed by atoms with van der Waals surface area (Å²) >= 11 is 0. The van der Waals surface area contributed by atoms with Crippen LogP contribution in [0.5, 0.6) is 0 Å². The summed E-state index contributed by atoms with van der Waals surface area (Å²) < 4.78 is 14.8. The van der Waals surface area contributed by atoms with Crippen molar-refractivity contribution in [3.05, 3.63) is 52.6 Å². The van der Waals surface area contributed by atoms with Crippen LogP contribution in [0, 0.1) is 19.7 Å². The molecule has 2 heterocycles. The molecular weight excluding hydrogens is 347 g/mol. The lowest BCUT2D eigenvalue weighted by Gasteiger charge is -2.10. The van der Waals surface area contributed by atoms with Crippen molar-refractivity contribution < 1.29 is 14.0 Å². The van der Waals surface area contributed by atoms with Gasteiger partial charge in [-0.1, -0.05) is 17.3 Å². The lowest BCUT2D eigenvalue weighted by molar-refractivity contribution is -0.121. The zero-order valence-corrected chi connectivity index (χ0v) is 16.0. The van der Waals surface area contributed by atoms with Crippen molar-refractivity contribution >= 4 is 11.6 Å². The Kier molecular flexibility index (Phi) is 5.88. The molecule has 0 saturated carbocycles. The van der Waals surface area contributed by atoms with Gasteiger partial charge in [0.25, 0.3) is 0 Å². The Morgan fingerprint density at radius 1 is 1.33 bits per heavy atom. The summed E-state index contributed by atoms with van der Waals surface area (Å²) in [5, 5.41) is 11.4. The summed E-state index contributed by atoms with van der Waals surface area (Å²) in [6, 6.07) is 6.37. The molecule has 7 heteroatoms. The lowest BCUT2D eigenvalue weighted by atomic mass is 10.0. The molecule has 144 valence electrons. The summed E-state index contributed by atoms with van der Waals surface area (Å²) in [4.78, 5) is 17.5. The van der Waals surface area contributed by atoms with Crippen molar-refractivity contribution in [1.29, 1.82) is 0 Å². The topological polar surface area (TPSA) is 68.5 Å². The predicted octanol–water partition coefficient (Wildman–Crippen LogP) is 2.61. The molecule has 1 amide bonds. The van der Waals surface area contributed by atoms with Crippen molar-refractivity contribution in [2.45, 2.75) is 45.6 Å². The van der Waals surface area contributed by atoms with E-state index in [-0.39, 0.29) is 17.8 Å². The second-order valence-corrected chi connectivity index (χ2v) is 6.97. The van der Waals surface area contributed by atoms with Crippen LogP contribution < -0.4 is 5.32 Å². The maximum atomic E-state index is 13.0. The molecule has 1 aromatic heterocycles. The number of halogens is 1. The largest absolute Gasteiger partial charge is 0.390 e. The zero-order valence-electron chi connectivity index (χ0n) is 16.0. The molecule has 0 saturated heterocycles. The second kappa shape index (κ2) is 8.33. The van der Waals surface area contributed by atoms with Gasteiger partial charge in [-0.3, -0.25) is 9.48 Å². The van der Waals surface area contributed by atoms with Gasteiger partial charge in [-0.25, -0.2) is 4.39 Å². The molecule has 0 fully saturated rings. The Morgan fingerprint density at radius 2 is 2.07 bits per heavy atom. The summed E-state index contributed by atoms with van der Waals surface area (Å²) in [6.45, 7) is 4.41. The summed E-state index contributed by atoms with van der Waals surface area (Å²) in [6.07, 6.45) is 2.24. The van der Waals surface area contributed by atoms with Crippen molar-refractivity contribution in [3.8, 4) is 0 Å². The minimum atomic E-state index is -0.249. The van der Waals surface area contributed by atoms with E-state index in [4.69, 9.17) is 4.84 Å². The molecule has 0 unspecified atom stereocenters. The van der Waals surface area contributed by atoms with Crippen LogP contribution in [0.3, 0.4) is 0 Å². The number of hydrogen-bond donors (Lipinski definition) is 1. The van der Waals surface area contributed by atoms with Crippen LogP contribution in [0.1, 0.15) is 35.4 Å². The first-order valence-electron chi connectivity index (χ1n) is 9.14. The van der Waals surface area contributed by atoms with Gasteiger partial charge in [0.1, 0.15) is 11.9 Å². The fourth-order valence-corrected chi connectivity index (χ4v) is 3.27. The maximum absolute atomic E-state index is 13.0. The van der Waals surface area contributed by atoms with Gasteiger partial charge in [-0.2, -0.15) is 5.10 Å². The Hall–Kier alpha value is -2.70. The molecule has 2 aromatic rings. The predicted molar refractivity (Wildman–Crippen MR) is 101 cm³/mol. The first-order chi connectivity index (χ1) is 12.9. The molecule has 0 radical (unpaired) electrons. The van der Waals surface area contributed by atoms with Crippen LogP contribution in [0.25, 0.3) is 0 Å². The Labute approximate surface area is 158 Å². The minimum Gasteiger partial charge on any atom is -0.390 e. The molecule has 1 aliphatic heterocycles. The van der Waals surface area contributed by atoms with Gasteiger partial charge in [0, 0.05) is 32.0 Å². The van der Waals surface area contributed by atoms with E-state index in [2.05, 4.69) is 15.6 Å². The Morgan fingerprint density at radius 3 is 2.74 bits per heavy atom. The third-order valence-corrected chi connectivity index (χ3v) is 4.90. The van der Waals surface area contributed by atoms with Gasteiger partial charge in [0.05, 0.1) is 18.0 Å². The standard InChI is InChI=1S/C20H25FN4O2/c1-13-19(14(2)25(3)23-13)8-9-20(26)22-12-18-11-17(24-27-18)10-15-4-6-16(21)7-5-15/h4-7,18H,8-12H2,1-3H3,(H,22,26)/t18-/m0/s1. The monoisotopic (exact) mass is 372 g/mol. The number of aromatic nitrogens is 2. The molecule has 1 N–H and O–H groups in total. The number of oxime groups is 1. The quantitative estimate of drug-likeness (QED) is 0.812. The lowest BCUT2D eigenvalue weighted by Crippen LogP contribution is -2.32. The van der Waals surface area contributed by atoms with E-state index < -0.39 is 0 Å². The number of benzene rings is 1. The van der Waals surface area contributed by atoms with Crippen LogP contribution in [-0.4, -0.2) is 34.0 Å². The molecule has 1 aliphatic rings. The number of hydrogen-bond acceptors (Lipinski definition) is 4. The van der Waals surface area contributed by atoms with E-state index in [9.17, 15) is 9.18 Å². The van der Waals surface area contributed by atoms with Crippen molar-refractivity contribution in [3.63, 3.8) is 0 Å². The van der Waals surface area contributed by atoms with Crippen molar-refractivity contribution in [2.75, 3.05) is 6.54 Å². The van der Waals surface area contributed by atoms with Crippen LogP contribution in [-0.2, 0) is 29.5 Å². The summed E-state index contributed by atoms with van der Waals surface area (Å²) in [7, 11) is 1.91. The van der Waals surface area contributed by atoms with Gasteiger partial charge in [-0.15, -0.1) is 0 Å². The molecule has 1 atom stereocenters. The number of rotatable bonds is 7. The van der Waals surface area contributed by atoms with Crippen LogP contribution in [0.15, 0.2) is 29.4 Å². The van der Waals surface area contributed by atoms with Gasteiger partial charge >= 0.3 is 0 Å². The number of nitrogens with one attached hydrogen (secondary N) is 1. The van der Waals surface area contributed by atoms with Gasteiger partial charge in [0.2, 0.25) is 5.91 Å². The molecule has 3 rings (SSSR count). The summed E-state index contributed by atoms with van der Waals surface area (Å²) in [5.74, 6) is -0.256. The number of amides is 1. The fourth-order valence-electron chi connectivity index (χ4n) is 3.27. The van der Waals surface area contributed by atoms with E-state index in [1.807, 2.05) is 25.6 Å². The first kappa shape index (κ1) is 19.1. The number of nitrogens with zero attached hydrogens (tertiary/aromatic N) is 3. The molecule has 0 aliphatic carbocycles. The third kappa shape index (κ3) is 4.93. The molecule has 0 bridgehead atoms. The Bertz CT molecular complexity index is 842. The van der Waals surface area contributed by atoms with E-state index >= 15 is 0 Å². The highest BCUT2D eigenvalue weighted by Gasteiger charge is 2.22. The number of carbonyl (C=O) groups is 1. The van der Waals surface area contributed by atoms with E-state index in [0.717, 1.165) is 28.2 Å². The first-order valence-corrected chi connectivity index (χ1v) is 9.14. The highest BCUT2D eigenvalue weighted by atomic mass is 19.1. The van der Waals surface area contributed by atoms with Crippen LogP contribution >= 0.6 is 0 Å². The van der Waals surface area contributed by atoms with Crippen molar-refractivity contribution in [2.24, 2.45) is 12.2 Å². The highest BCUT2D eigenvalue weighted by molar-refractivity contribution is 5.87. The van der Waals surface area contributed by atoms with Gasteiger partial charge < -0.3 is 10.2 Å². The van der Waals surface area contributed by atoms with Gasteiger partial charge in [0.15, 0.2) is 0 Å². The maximum Gasteiger partial charge on any atom is 0.220 e. The molecule has 0 spiro atoms. The van der Waals surface area contributed by atoms with Gasteiger partial charge in [-0.05, 0) is 43.5 Å². The van der Waals surface area contributed by atoms with Crippen LogP contribution in [0.2, 0.25) is 0 Å². The highest BCUT2D eigenvalue weighted by Crippen LogP contribution is 2.16. The average Bonchev–Trinajstić information content (AvgIpc) is 3.18. The summed E-state index contributed by atoms with van der Waals surface area (Å²) in [5.41, 5.74) is 5.10. The van der Waals surface area contributed by atoms with E-state index in [1.54, 1.807) is 12.1 Å². The smallest absolute Gasteiger partial charge is 0.220 e. The number of carbonyl (C=O) groups excluding carboxylic acids is 1. The Balaban J connectivity index is 1.39. The molecular formula is C20H25FN4O2. The molecule has 27 heavy (non-hydrogen) atoms. The average molecular weight is 372 g/mol. The minimum absolute atomic E-state index is 0.00626. The van der Waals surface area contributed by atoms with E-state index in [0.29, 0.717) is 32.2 Å². The molecule has 6 nitrogen and oxygen atoms in total. The van der Waals surface area contributed by atoms with Crippen LogP contribution in [0.4, 0.5) is 4.39 Å². The molecule has 1 aromatic carbocycles.